The maximum absolute atomic E-state index is 15.4. The second-order valence-corrected chi connectivity index (χ2v) is 9.49. The molecule has 0 unspecified atom stereocenters. The smallest absolute Gasteiger partial charge is 0.434 e. The monoisotopic (exact) mass is 607 g/mol. The zero-order valence-corrected chi connectivity index (χ0v) is 21.9. The predicted molar refractivity (Wildman–Crippen MR) is 137 cm³/mol. The molecule has 2 heterocycles. The Morgan fingerprint density at radius 2 is 1.73 bits per heavy atom. The van der Waals surface area contributed by atoms with Gasteiger partial charge in [0.15, 0.2) is 17.3 Å². The van der Waals surface area contributed by atoms with Crippen molar-refractivity contribution >= 4 is 34.8 Å². The zero-order chi connectivity index (χ0) is 28.6. The summed E-state index contributed by atoms with van der Waals surface area (Å²) in [6.45, 7) is 0. The second kappa shape index (κ2) is 10.8. The van der Waals surface area contributed by atoms with Gasteiger partial charge in [-0.2, -0.15) is 23.5 Å². The zero-order valence-electron chi connectivity index (χ0n) is 19.7. The van der Waals surface area contributed by atoms with Crippen LogP contribution in [-0.4, -0.2) is 20.0 Å². The van der Waals surface area contributed by atoms with Crippen LogP contribution in [0.15, 0.2) is 65.2 Å². The van der Waals surface area contributed by atoms with E-state index in [2.05, 4.69) is 15.3 Å². The van der Waals surface area contributed by atoms with E-state index in [0.717, 1.165) is 6.20 Å². The molecule has 5 rings (SSSR count). The van der Waals surface area contributed by atoms with Crippen molar-refractivity contribution in [3.05, 3.63) is 104 Å². The van der Waals surface area contributed by atoms with Gasteiger partial charge in [-0.3, -0.25) is 0 Å². The number of aromatic nitrogens is 4. The van der Waals surface area contributed by atoms with E-state index < -0.39 is 29.1 Å². The van der Waals surface area contributed by atoms with Crippen LogP contribution in [0.2, 0.25) is 15.1 Å². The standard InChI is InChI=1S/C26H12Cl3F4N5O2/c27-15-2-4-17(5-3-15)38-24(26(31,32)33)19(12-35-38)25-37-36-21(40-25)9-14-1-6-20(29)23(22(14)30)39-18-8-13(11-34)7-16(28)10-18/h1-8,10,12H,9H2. The maximum atomic E-state index is 15.4. The Morgan fingerprint density at radius 1 is 0.975 bits per heavy atom. The maximum Gasteiger partial charge on any atom is 0.434 e. The Morgan fingerprint density at radius 3 is 2.42 bits per heavy atom. The van der Waals surface area contributed by atoms with Gasteiger partial charge in [0, 0.05) is 15.6 Å². The number of hydrogen-bond acceptors (Lipinski definition) is 6. The number of benzene rings is 3. The number of rotatable bonds is 6. The van der Waals surface area contributed by atoms with E-state index >= 15 is 4.39 Å². The van der Waals surface area contributed by atoms with Gasteiger partial charge in [0.2, 0.25) is 5.89 Å². The largest absolute Gasteiger partial charge is 0.453 e. The lowest BCUT2D eigenvalue weighted by Gasteiger charge is -2.12. The Balaban J connectivity index is 1.45. The number of alkyl halides is 3. The first-order chi connectivity index (χ1) is 19.0. The fourth-order valence-electron chi connectivity index (χ4n) is 3.76. The molecule has 7 nitrogen and oxygen atoms in total. The number of nitrogens with zero attached hydrogens (tertiary/aromatic N) is 5. The van der Waals surface area contributed by atoms with Crippen molar-refractivity contribution in [2.24, 2.45) is 0 Å². The fourth-order valence-corrected chi connectivity index (χ4v) is 4.30. The Bertz CT molecular complexity index is 1760. The molecular weight excluding hydrogens is 597 g/mol. The predicted octanol–water partition coefficient (Wildman–Crippen LogP) is 8.30. The lowest BCUT2D eigenvalue weighted by atomic mass is 10.1. The summed E-state index contributed by atoms with van der Waals surface area (Å²) < 4.78 is 69.3. The van der Waals surface area contributed by atoms with Crippen molar-refractivity contribution < 1.29 is 26.7 Å². The average molecular weight is 609 g/mol. The molecule has 0 N–H and O–H groups in total. The van der Waals surface area contributed by atoms with Crippen LogP contribution in [0.4, 0.5) is 17.6 Å². The Kier molecular flexibility index (Phi) is 7.42. The summed E-state index contributed by atoms with van der Waals surface area (Å²) in [5.41, 5.74) is -1.30. The first-order valence-electron chi connectivity index (χ1n) is 11.1. The molecule has 0 saturated carbocycles. The van der Waals surface area contributed by atoms with E-state index in [1.807, 2.05) is 6.07 Å². The molecule has 14 heteroatoms. The van der Waals surface area contributed by atoms with Gasteiger partial charge in [-0.15, -0.1) is 10.2 Å². The summed E-state index contributed by atoms with van der Waals surface area (Å²) in [5, 5.41) is 20.9. The third-order valence-corrected chi connectivity index (χ3v) is 6.27. The van der Waals surface area contributed by atoms with E-state index in [4.69, 9.17) is 49.2 Å². The van der Waals surface area contributed by atoms with Gasteiger partial charge in [0.25, 0.3) is 5.89 Å². The second-order valence-electron chi connectivity index (χ2n) is 8.21. The van der Waals surface area contributed by atoms with Gasteiger partial charge >= 0.3 is 6.18 Å². The van der Waals surface area contributed by atoms with Crippen molar-refractivity contribution in [2.75, 3.05) is 0 Å². The molecule has 0 aliphatic carbocycles. The van der Waals surface area contributed by atoms with Crippen molar-refractivity contribution in [1.82, 2.24) is 20.0 Å². The molecule has 0 spiro atoms. The van der Waals surface area contributed by atoms with Gasteiger partial charge < -0.3 is 9.15 Å². The van der Waals surface area contributed by atoms with Gasteiger partial charge in [-0.1, -0.05) is 40.9 Å². The van der Waals surface area contributed by atoms with Crippen LogP contribution in [0.5, 0.6) is 11.5 Å². The molecule has 0 radical (unpaired) electrons. The molecule has 0 aliphatic heterocycles. The minimum atomic E-state index is -4.83. The number of ether oxygens (including phenoxy) is 1. The molecule has 2 aromatic heterocycles. The summed E-state index contributed by atoms with van der Waals surface area (Å²) in [4.78, 5) is 0. The lowest BCUT2D eigenvalue weighted by molar-refractivity contribution is -0.142. The highest BCUT2D eigenvalue weighted by Crippen LogP contribution is 2.39. The quantitative estimate of drug-likeness (QED) is 0.180. The number of hydrogen-bond donors (Lipinski definition) is 0. The van der Waals surface area contributed by atoms with Gasteiger partial charge in [-0.05, 0) is 48.5 Å². The molecule has 0 bridgehead atoms. The SMILES string of the molecule is N#Cc1cc(Cl)cc(Oc2c(Cl)ccc(Cc3nnc(-c4cnn(-c5ccc(Cl)cc5)c4C(F)(F)F)o3)c2F)c1. The molecule has 0 atom stereocenters. The van der Waals surface area contributed by atoms with Crippen LogP contribution in [0.1, 0.15) is 22.7 Å². The molecule has 0 amide bonds. The Hall–Kier alpha value is -4.11. The van der Waals surface area contributed by atoms with Crippen LogP contribution in [0, 0.1) is 17.1 Å². The highest BCUT2D eigenvalue weighted by molar-refractivity contribution is 6.32. The summed E-state index contributed by atoms with van der Waals surface area (Å²) in [6.07, 6.45) is -4.18. The van der Waals surface area contributed by atoms with E-state index in [1.54, 1.807) is 0 Å². The highest BCUT2D eigenvalue weighted by Gasteiger charge is 2.40. The summed E-state index contributed by atoms with van der Waals surface area (Å²) in [6, 6.07) is 14.3. The van der Waals surface area contributed by atoms with Crippen LogP contribution >= 0.6 is 34.8 Å². The molecule has 0 aliphatic rings. The van der Waals surface area contributed by atoms with E-state index in [0.29, 0.717) is 9.70 Å². The van der Waals surface area contributed by atoms with Gasteiger partial charge in [-0.25, -0.2) is 9.07 Å². The number of halogens is 7. The minimum absolute atomic E-state index is 0.00467. The van der Waals surface area contributed by atoms with E-state index in [-0.39, 0.29) is 50.7 Å². The van der Waals surface area contributed by atoms with Gasteiger partial charge in [0.1, 0.15) is 5.75 Å². The number of nitriles is 1. The highest BCUT2D eigenvalue weighted by atomic mass is 35.5. The summed E-state index contributed by atoms with van der Waals surface area (Å²) in [7, 11) is 0. The molecule has 0 fully saturated rings. The van der Waals surface area contributed by atoms with Crippen LogP contribution in [-0.2, 0) is 12.6 Å². The van der Waals surface area contributed by atoms with Crippen LogP contribution in [0.3, 0.4) is 0 Å². The third-order valence-electron chi connectivity index (χ3n) is 5.50. The summed E-state index contributed by atoms with van der Waals surface area (Å²) >= 11 is 18.0. The molecule has 202 valence electrons. The minimum Gasteiger partial charge on any atom is -0.453 e. The lowest BCUT2D eigenvalue weighted by Crippen LogP contribution is -2.14. The average Bonchev–Trinajstić information content (AvgIpc) is 3.56. The van der Waals surface area contributed by atoms with Crippen molar-refractivity contribution in [3.63, 3.8) is 0 Å². The normalized spacial score (nSPS) is 11.4. The van der Waals surface area contributed by atoms with Crippen LogP contribution in [0.25, 0.3) is 17.1 Å². The van der Waals surface area contributed by atoms with Crippen molar-refractivity contribution in [1.29, 1.82) is 5.26 Å². The summed E-state index contributed by atoms with van der Waals surface area (Å²) in [5.74, 6) is -1.80. The van der Waals surface area contributed by atoms with E-state index in [1.165, 1.54) is 54.6 Å². The molecule has 5 aromatic rings. The third kappa shape index (κ3) is 5.60. The van der Waals surface area contributed by atoms with Crippen molar-refractivity contribution in [2.45, 2.75) is 12.6 Å². The first-order valence-corrected chi connectivity index (χ1v) is 12.3. The van der Waals surface area contributed by atoms with Crippen molar-refractivity contribution in [3.8, 4) is 34.7 Å². The topological polar surface area (TPSA) is 89.8 Å². The Labute approximate surface area is 238 Å². The van der Waals surface area contributed by atoms with Crippen LogP contribution < -0.4 is 4.74 Å². The first kappa shape index (κ1) is 27.5. The fraction of sp³-hybridized carbons (Fsp3) is 0.0769. The molecule has 40 heavy (non-hydrogen) atoms. The van der Waals surface area contributed by atoms with E-state index in [9.17, 15) is 13.2 Å². The molecule has 3 aromatic carbocycles. The van der Waals surface area contributed by atoms with Gasteiger partial charge in [0.05, 0.1) is 40.5 Å². The molecule has 0 saturated heterocycles. The molecular formula is C26H12Cl3F4N5O2.